The number of aromatic nitrogens is 3. The minimum absolute atomic E-state index is 0.0706. The van der Waals surface area contributed by atoms with Crippen molar-refractivity contribution in [2.24, 2.45) is 0 Å². The number of hydrogen-bond acceptors (Lipinski definition) is 5. The molecule has 7 nitrogen and oxygen atoms in total. The van der Waals surface area contributed by atoms with Crippen LogP contribution < -0.4 is 10.6 Å². The van der Waals surface area contributed by atoms with E-state index in [-0.39, 0.29) is 18.4 Å². The molecule has 33 heavy (non-hydrogen) atoms. The van der Waals surface area contributed by atoms with Crippen LogP contribution in [-0.2, 0) is 24.2 Å². The second-order valence-corrected chi connectivity index (χ2v) is 9.03. The van der Waals surface area contributed by atoms with Gasteiger partial charge in [0.2, 0.25) is 5.91 Å². The van der Waals surface area contributed by atoms with Gasteiger partial charge in [0.05, 0.1) is 22.8 Å². The lowest BCUT2D eigenvalue weighted by molar-refractivity contribution is -0.120. The number of fused-ring (bicyclic) bond motifs is 1. The summed E-state index contributed by atoms with van der Waals surface area (Å²) in [5.41, 5.74) is 4.77. The molecule has 2 amide bonds. The molecule has 1 aliphatic carbocycles. The Balaban J connectivity index is 1.25. The number of hydrogen-bond donors (Lipinski definition) is 2. The van der Waals surface area contributed by atoms with E-state index in [4.69, 9.17) is 5.10 Å². The highest BCUT2D eigenvalue weighted by molar-refractivity contribution is 7.14. The highest BCUT2D eigenvalue weighted by Gasteiger charge is 2.19. The summed E-state index contributed by atoms with van der Waals surface area (Å²) in [5.74, 6) is -0.445. The molecule has 3 heterocycles. The van der Waals surface area contributed by atoms with Crippen molar-refractivity contribution in [3.63, 3.8) is 0 Å². The zero-order chi connectivity index (χ0) is 22.6. The molecular weight excluding hydrogens is 434 g/mol. The SMILES string of the molecule is O=C(CNC(=O)c1cc2c(s1)CCC2)NCc1cn(-c2ccccc2)nc1-c1ccncc1. The lowest BCUT2D eigenvalue weighted by Crippen LogP contribution is -2.36. The van der Waals surface area contributed by atoms with Crippen molar-refractivity contribution in [3.05, 3.63) is 88.0 Å². The van der Waals surface area contributed by atoms with Crippen LogP contribution in [0.3, 0.4) is 0 Å². The Morgan fingerprint density at radius 2 is 1.85 bits per heavy atom. The fraction of sp³-hybridized carbons (Fsp3) is 0.200. The van der Waals surface area contributed by atoms with Crippen molar-refractivity contribution in [1.29, 1.82) is 0 Å². The number of carbonyl (C=O) groups excluding carboxylic acids is 2. The summed E-state index contributed by atoms with van der Waals surface area (Å²) in [4.78, 5) is 30.9. The first-order chi connectivity index (χ1) is 16.2. The number of carbonyl (C=O) groups is 2. The molecule has 0 unspecified atom stereocenters. The van der Waals surface area contributed by atoms with Gasteiger partial charge >= 0.3 is 0 Å². The van der Waals surface area contributed by atoms with Crippen molar-refractivity contribution < 1.29 is 9.59 Å². The van der Waals surface area contributed by atoms with E-state index < -0.39 is 0 Å². The molecule has 0 atom stereocenters. The summed E-state index contributed by atoms with van der Waals surface area (Å²) >= 11 is 1.53. The van der Waals surface area contributed by atoms with Gasteiger partial charge in [-0.15, -0.1) is 11.3 Å². The van der Waals surface area contributed by atoms with Crippen LogP contribution in [0.25, 0.3) is 16.9 Å². The molecule has 0 aliphatic heterocycles. The summed E-state index contributed by atoms with van der Waals surface area (Å²) in [6.07, 6.45) is 8.59. The number of thiophene rings is 1. The molecule has 4 aromatic rings. The molecule has 0 bridgehead atoms. The minimum atomic E-state index is -0.249. The van der Waals surface area contributed by atoms with Gasteiger partial charge < -0.3 is 10.6 Å². The quantitative estimate of drug-likeness (QED) is 0.444. The maximum absolute atomic E-state index is 12.5. The van der Waals surface area contributed by atoms with Gasteiger partial charge in [-0.1, -0.05) is 18.2 Å². The van der Waals surface area contributed by atoms with Crippen LogP contribution in [0.15, 0.2) is 67.1 Å². The molecule has 5 rings (SSSR count). The fourth-order valence-electron chi connectivity index (χ4n) is 3.95. The van der Waals surface area contributed by atoms with Gasteiger partial charge in [0.25, 0.3) is 5.91 Å². The Hall–Kier alpha value is -3.78. The third-order valence-electron chi connectivity index (χ3n) is 5.62. The van der Waals surface area contributed by atoms with Crippen LogP contribution in [0.2, 0.25) is 0 Å². The molecule has 0 saturated carbocycles. The normalized spacial score (nSPS) is 12.4. The second kappa shape index (κ2) is 9.38. The average Bonchev–Trinajstić information content (AvgIpc) is 3.57. The van der Waals surface area contributed by atoms with Gasteiger partial charge in [-0.25, -0.2) is 4.68 Å². The Bertz CT molecular complexity index is 1260. The van der Waals surface area contributed by atoms with Crippen molar-refractivity contribution in [3.8, 4) is 16.9 Å². The van der Waals surface area contributed by atoms with E-state index >= 15 is 0 Å². The standard InChI is InChI=1S/C25H23N5O2S/c31-23(15-28-25(32)22-13-18-5-4-8-21(18)33-22)27-14-19-16-30(20-6-2-1-3-7-20)29-24(19)17-9-11-26-12-10-17/h1-3,6-7,9-13,16H,4-5,8,14-15H2,(H,27,31)(H,28,32). The molecule has 3 aromatic heterocycles. The zero-order valence-corrected chi connectivity index (χ0v) is 18.8. The van der Waals surface area contributed by atoms with Crippen LogP contribution >= 0.6 is 11.3 Å². The number of aryl methyl sites for hydroxylation is 2. The van der Waals surface area contributed by atoms with E-state index in [1.54, 1.807) is 17.1 Å². The summed E-state index contributed by atoms with van der Waals surface area (Å²) < 4.78 is 1.80. The lowest BCUT2D eigenvalue weighted by atomic mass is 10.1. The second-order valence-electron chi connectivity index (χ2n) is 7.89. The Labute approximate surface area is 195 Å². The number of rotatable bonds is 7. The maximum atomic E-state index is 12.5. The van der Waals surface area contributed by atoms with E-state index in [1.807, 2.05) is 54.7 Å². The first-order valence-electron chi connectivity index (χ1n) is 10.9. The number of para-hydroxylation sites is 1. The van der Waals surface area contributed by atoms with Gasteiger partial charge in [0, 0.05) is 41.1 Å². The number of amides is 2. The highest BCUT2D eigenvalue weighted by Crippen LogP contribution is 2.30. The molecule has 8 heteroatoms. The summed E-state index contributed by atoms with van der Waals surface area (Å²) in [7, 11) is 0. The number of pyridine rings is 1. The summed E-state index contributed by atoms with van der Waals surface area (Å²) in [6.45, 7) is 0.227. The molecule has 0 radical (unpaired) electrons. The monoisotopic (exact) mass is 457 g/mol. The van der Waals surface area contributed by atoms with Crippen molar-refractivity contribution in [2.45, 2.75) is 25.8 Å². The first-order valence-corrected chi connectivity index (χ1v) is 11.7. The van der Waals surface area contributed by atoms with E-state index in [0.29, 0.717) is 11.4 Å². The van der Waals surface area contributed by atoms with Gasteiger partial charge in [-0.3, -0.25) is 14.6 Å². The summed E-state index contributed by atoms with van der Waals surface area (Å²) in [5, 5.41) is 10.4. The number of benzene rings is 1. The van der Waals surface area contributed by atoms with Gasteiger partial charge in [0.15, 0.2) is 0 Å². The van der Waals surface area contributed by atoms with E-state index in [1.165, 1.54) is 21.8 Å². The van der Waals surface area contributed by atoms with Crippen LogP contribution in [0, 0.1) is 0 Å². The van der Waals surface area contributed by atoms with Crippen LogP contribution in [0.4, 0.5) is 0 Å². The van der Waals surface area contributed by atoms with Crippen molar-refractivity contribution in [2.75, 3.05) is 6.54 Å². The van der Waals surface area contributed by atoms with Crippen LogP contribution in [-0.4, -0.2) is 33.1 Å². The predicted molar refractivity (Wildman–Crippen MR) is 127 cm³/mol. The zero-order valence-electron chi connectivity index (χ0n) is 18.0. The smallest absolute Gasteiger partial charge is 0.261 e. The van der Waals surface area contributed by atoms with Crippen molar-refractivity contribution in [1.82, 2.24) is 25.4 Å². The van der Waals surface area contributed by atoms with E-state index in [2.05, 4.69) is 15.6 Å². The third kappa shape index (κ3) is 4.70. The minimum Gasteiger partial charge on any atom is -0.350 e. The molecule has 0 spiro atoms. The highest BCUT2D eigenvalue weighted by atomic mass is 32.1. The summed E-state index contributed by atoms with van der Waals surface area (Å²) in [6, 6.07) is 15.5. The average molecular weight is 458 g/mol. The molecule has 2 N–H and O–H groups in total. The topological polar surface area (TPSA) is 88.9 Å². The van der Waals surface area contributed by atoms with E-state index in [0.717, 1.165) is 41.8 Å². The largest absolute Gasteiger partial charge is 0.350 e. The predicted octanol–water partition coefficient (Wildman–Crippen LogP) is 3.53. The van der Waals surface area contributed by atoms with Crippen molar-refractivity contribution >= 4 is 23.2 Å². The van der Waals surface area contributed by atoms with Gasteiger partial charge in [0.1, 0.15) is 0 Å². The molecule has 0 fully saturated rings. The molecule has 166 valence electrons. The molecule has 0 saturated heterocycles. The van der Waals surface area contributed by atoms with Crippen LogP contribution in [0.1, 0.15) is 32.1 Å². The number of nitrogens with one attached hydrogen (secondary N) is 2. The van der Waals surface area contributed by atoms with E-state index in [9.17, 15) is 9.59 Å². The lowest BCUT2D eigenvalue weighted by Gasteiger charge is -2.07. The van der Waals surface area contributed by atoms with Gasteiger partial charge in [-0.05, 0) is 55.2 Å². The Morgan fingerprint density at radius 3 is 2.64 bits per heavy atom. The first kappa shape index (κ1) is 21.1. The number of nitrogens with zero attached hydrogens (tertiary/aromatic N) is 3. The van der Waals surface area contributed by atoms with Crippen LogP contribution in [0.5, 0.6) is 0 Å². The Kier molecular flexibility index (Phi) is 5.99. The molecule has 1 aromatic carbocycles. The molecule has 1 aliphatic rings. The maximum Gasteiger partial charge on any atom is 0.261 e. The fourth-order valence-corrected chi connectivity index (χ4v) is 5.12. The Morgan fingerprint density at radius 1 is 1.03 bits per heavy atom. The third-order valence-corrected chi connectivity index (χ3v) is 6.86. The van der Waals surface area contributed by atoms with Gasteiger partial charge in [-0.2, -0.15) is 5.10 Å². The molecular formula is C25H23N5O2S.